The Morgan fingerprint density at radius 3 is 2.59 bits per heavy atom. The maximum atomic E-state index is 12.5. The van der Waals surface area contributed by atoms with Gasteiger partial charge in [0.2, 0.25) is 0 Å². The monoisotopic (exact) mass is 299 g/mol. The minimum absolute atomic E-state index is 0.159. The number of H-pyrrole nitrogens is 1. The van der Waals surface area contributed by atoms with Gasteiger partial charge in [0, 0.05) is 37.6 Å². The van der Waals surface area contributed by atoms with Crippen molar-refractivity contribution in [1.29, 1.82) is 0 Å². The fourth-order valence-corrected chi connectivity index (χ4v) is 2.29. The van der Waals surface area contributed by atoms with Crippen LogP contribution in [-0.2, 0) is 6.42 Å². The zero-order chi connectivity index (χ0) is 15.9. The number of aromatic nitrogens is 1. The van der Waals surface area contributed by atoms with Gasteiger partial charge in [-0.05, 0) is 18.9 Å². The summed E-state index contributed by atoms with van der Waals surface area (Å²) in [6, 6.07) is 11.4. The molecule has 0 saturated carbocycles. The Morgan fingerprint density at radius 1 is 1.23 bits per heavy atom. The van der Waals surface area contributed by atoms with Gasteiger partial charge in [-0.3, -0.25) is 9.59 Å². The summed E-state index contributed by atoms with van der Waals surface area (Å²) in [5.41, 5.74) is 7.38. The SMILES string of the molecule is Cc1cc(=O)c(C(=O)N(CCN)CCc2ccccc2)c[nH]1. The predicted molar refractivity (Wildman–Crippen MR) is 86.9 cm³/mol. The highest BCUT2D eigenvalue weighted by Crippen LogP contribution is 2.05. The minimum atomic E-state index is -0.275. The summed E-state index contributed by atoms with van der Waals surface area (Å²) >= 11 is 0. The van der Waals surface area contributed by atoms with E-state index in [2.05, 4.69) is 4.98 Å². The lowest BCUT2D eigenvalue weighted by atomic mass is 10.1. The Balaban J connectivity index is 2.12. The third kappa shape index (κ3) is 4.05. The molecule has 1 aromatic carbocycles. The van der Waals surface area contributed by atoms with E-state index in [1.54, 1.807) is 11.8 Å². The Hall–Kier alpha value is -2.40. The van der Waals surface area contributed by atoms with Crippen molar-refractivity contribution < 1.29 is 4.79 Å². The average Bonchev–Trinajstić information content (AvgIpc) is 2.52. The van der Waals surface area contributed by atoms with E-state index in [9.17, 15) is 9.59 Å². The topological polar surface area (TPSA) is 79.2 Å². The molecule has 22 heavy (non-hydrogen) atoms. The van der Waals surface area contributed by atoms with Crippen molar-refractivity contribution in [2.75, 3.05) is 19.6 Å². The second kappa shape index (κ2) is 7.56. The summed E-state index contributed by atoms with van der Waals surface area (Å²) < 4.78 is 0. The van der Waals surface area contributed by atoms with Gasteiger partial charge in [0.1, 0.15) is 5.56 Å². The van der Waals surface area contributed by atoms with E-state index in [0.717, 1.165) is 17.7 Å². The summed E-state index contributed by atoms with van der Waals surface area (Å²) in [6.07, 6.45) is 2.21. The molecule has 1 amide bonds. The van der Waals surface area contributed by atoms with Gasteiger partial charge in [-0.25, -0.2) is 0 Å². The summed E-state index contributed by atoms with van der Waals surface area (Å²) in [5.74, 6) is -0.275. The number of nitrogens with two attached hydrogens (primary N) is 1. The molecule has 5 heteroatoms. The molecular formula is C17H21N3O2. The predicted octanol–water partition coefficient (Wildman–Crippen LogP) is 1.33. The van der Waals surface area contributed by atoms with Gasteiger partial charge >= 0.3 is 0 Å². The smallest absolute Gasteiger partial charge is 0.259 e. The molecule has 2 rings (SSSR count). The van der Waals surface area contributed by atoms with Crippen LogP contribution in [0.15, 0.2) is 47.4 Å². The zero-order valence-electron chi connectivity index (χ0n) is 12.7. The lowest BCUT2D eigenvalue weighted by Gasteiger charge is -2.22. The molecule has 0 aliphatic heterocycles. The lowest BCUT2D eigenvalue weighted by Crippen LogP contribution is -2.39. The summed E-state index contributed by atoms with van der Waals surface area (Å²) in [6.45, 7) is 3.11. The number of hydrogen-bond donors (Lipinski definition) is 2. The van der Waals surface area contributed by atoms with Gasteiger partial charge in [0.05, 0.1) is 0 Å². The molecule has 0 aliphatic carbocycles. The van der Waals surface area contributed by atoms with Crippen LogP contribution in [0.5, 0.6) is 0 Å². The van der Waals surface area contributed by atoms with Gasteiger partial charge in [0.25, 0.3) is 5.91 Å². The van der Waals surface area contributed by atoms with Gasteiger partial charge in [-0.1, -0.05) is 30.3 Å². The molecule has 1 aromatic heterocycles. The molecule has 5 nitrogen and oxygen atoms in total. The maximum Gasteiger partial charge on any atom is 0.259 e. The standard InChI is InChI=1S/C17H21N3O2/c1-13-11-16(21)15(12-19-13)17(22)20(10-8-18)9-7-14-5-3-2-4-6-14/h2-6,11-12H,7-10,18H2,1H3,(H,19,21). The Kier molecular flexibility index (Phi) is 5.49. The van der Waals surface area contributed by atoms with Crippen molar-refractivity contribution in [1.82, 2.24) is 9.88 Å². The van der Waals surface area contributed by atoms with Crippen molar-refractivity contribution in [3.8, 4) is 0 Å². The van der Waals surface area contributed by atoms with Crippen LogP contribution in [0, 0.1) is 6.92 Å². The van der Waals surface area contributed by atoms with E-state index in [0.29, 0.717) is 19.6 Å². The molecule has 0 bridgehead atoms. The first kappa shape index (κ1) is 16.0. The van der Waals surface area contributed by atoms with Crippen LogP contribution in [-0.4, -0.2) is 35.4 Å². The van der Waals surface area contributed by atoms with Crippen LogP contribution in [0.4, 0.5) is 0 Å². The molecule has 3 N–H and O–H groups in total. The largest absolute Gasteiger partial charge is 0.364 e. The number of nitrogens with zero attached hydrogens (tertiary/aromatic N) is 1. The van der Waals surface area contributed by atoms with Gasteiger partial charge in [-0.15, -0.1) is 0 Å². The molecule has 0 aliphatic rings. The average molecular weight is 299 g/mol. The number of hydrogen-bond acceptors (Lipinski definition) is 3. The van der Waals surface area contributed by atoms with E-state index in [-0.39, 0.29) is 16.9 Å². The Labute approximate surface area is 129 Å². The third-order valence-electron chi connectivity index (χ3n) is 3.49. The normalized spacial score (nSPS) is 10.5. The zero-order valence-corrected chi connectivity index (χ0v) is 12.7. The van der Waals surface area contributed by atoms with Crippen LogP contribution in [0.1, 0.15) is 21.6 Å². The molecule has 0 radical (unpaired) electrons. The first-order chi connectivity index (χ1) is 10.6. The van der Waals surface area contributed by atoms with Crippen LogP contribution < -0.4 is 11.2 Å². The highest BCUT2D eigenvalue weighted by molar-refractivity contribution is 5.93. The lowest BCUT2D eigenvalue weighted by molar-refractivity contribution is 0.0760. The molecule has 0 atom stereocenters. The number of carbonyl (C=O) groups excluding carboxylic acids is 1. The number of amides is 1. The second-order valence-electron chi connectivity index (χ2n) is 5.21. The van der Waals surface area contributed by atoms with Crippen LogP contribution in [0.25, 0.3) is 0 Å². The van der Waals surface area contributed by atoms with Crippen molar-refractivity contribution in [3.63, 3.8) is 0 Å². The molecule has 1 heterocycles. The van der Waals surface area contributed by atoms with Crippen LogP contribution in [0.2, 0.25) is 0 Å². The number of aryl methyl sites for hydroxylation is 1. The summed E-state index contributed by atoms with van der Waals surface area (Å²) in [7, 11) is 0. The molecular weight excluding hydrogens is 278 g/mol. The molecule has 116 valence electrons. The number of benzene rings is 1. The summed E-state index contributed by atoms with van der Waals surface area (Å²) in [4.78, 5) is 29.0. The highest BCUT2D eigenvalue weighted by atomic mass is 16.2. The van der Waals surface area contributed by atoms with E-state index in [1.807, 2.05) is 30.3 Å². The minimum Gasteiger partial charge on any atom is -0.364 e. The van der Waals surface area contributed by atoms with Crippen LogP contribution in [0.3, 0.4) is 0 Å². The first-order valence-corrected chi connectivity index (χ1v) is 7.34. The highest BCUT2D eigenvalue weighted by Gasteiger charge is 2.18. The van der Waals surface area contributed by atoms with E-state index >= 15 is 0 Å². The first-order valence-electron chi connectivity index (χ1n) is 7.34. The quantitative estimate of drug-likeness (QED) is 0.844. The molecule has 0 saturated heterocycles. The van der Waals surface area contributed by atoms with Crippen molar-refractivity contribution in [2.24, 2.45) is 5.73 Å². The number of pyridine rings is 1. The number of nitrogens with one attached hydrogen (secondary N) is 1. The van der Waals surface area contributed by atoms with Gasteiger partial charge in [0.15, 0.2) is 5.43 Å². The third-order valence-corrected chi connectivity index (χ3v) is 3.49. The molecule has 0 unspecified atom stereocenters. The maximum absolute atomic E-state index is 12.5. The number of aromatic amines is 1. The molecule has 2 aromatic rings. The van der Waals surface area contributed by atoms with E-state index in [4.69, 9.17) is 5.73 Å². The number of carbonyl (C=O) groups is 1. The summed E-state index contributed by atoms with van der Waals surface area (Å²) in [5, 5.41) is 0. The molecule has 0 fully saturated rings. The molecule has 0 spiro atoms. The second-order valence-corrected chi connectivity index (χ2v) is 5.21. The fourth-order valence-electron chi connectivity index (χ4n) is 2.29. The Bertz CT molecular complexity index is 680. The van der Waals surface area contributed by atoms with Crippen LogP contribution >= 0.6 is 0 Å². The Morgan fingerprint density at radius 2 is 1.95 bits per heavy atom. The van der Waals surface area contributed by atoms with E-state index < -0.39 is 0 Å². The van der Waals surface area contributed by atoms with E-state index in [1.165, 1.54) is 12.3 Å². The van der Waals surface area contributed by atoms with Crippen molar-refractivity contribution in [3.05, 3.63) is 69.6 Å². The van der Waals surface area contributed by atoms with Gasteiger partial charge in [-0.2, -0.15) is 0 Å². The van der Waals surface area contributed by atoms with Crippen molar-refractivity contribution in [2.45, 2.75) is 13.3 Å². The van der Waals surface area contributed by atoms with Gasteiger partial charge < -0.3 is 15.6 Å². The number of rotatable bonds is 6. The van der Waals surface area contributed by atoms with Crippen molar-refractivity contribution >= 4 is 5.91 Å². The fraction of sp³-hybridized carbons (Fsp3) is 0.294.